The normalized spacial score (nSPS) is 30.3. The number of aliphatic hydroxyl groups is 3. The molecule has 4 aliphatic rings. The van der Waals surface area contributed by atoms with E-state index in [-0.39, 0.29) is 35.8 Å². The molecule has 1 heterocycles. The number of likely N-dealkylation sites (N-methyl/N-ethyl adjacent to an activating group) is 1. The van der Waals surface area contributed by atoms with Crippen LogP contribution in [0.25, 0.3) is 5.76 Å². The van der Waals surface area contributed by atoms with E-state index in [1.807, 2.05) is 0 Å². The van der Waals surface area contributed by atoms with Gasteiger partial charge >= 0.3 is 0 Å². The third-order valence-electron chi connectivity index (χ3n) is 9.39. The molecule has 11 nitrogen and oxygen atoms in total. The Morgan fingerprint density at radius 2 is 1.93 bits per heavy atom. The minimum absolute atomic E-state index is 0.0174. The summed E-state index contributed by atoms with van der Waals surface area (Å²) in [6.45, 7) is 3.94. The Morgan fingerprint density at radius 3 is 2.54 bits per heavy atom. The maximum atomic E-state index is 14.0. The van der Waals surface area contributed by atoms with Gasteiger partial charge in [-0.3, -0.25) is 24.2 Å². The highest BCUT2D eigenvalue weighted by atomic mass is 16.5. The maximum absolute atomic E-state index is 14.0. The fourth-order valence-electron chi connectivity index (χ4n) is 7.71. The van der Waals surface area contributed by atoms with Crippen LogP contribution >= 0.6 is 0 Å². The van der Waals surface area contributed by atoms with Crippen molar-refractivity contribution < 1.29 is 39.5 Å². The van der Waals surface area contributed by atoms with Crippen molar-refractivity contribution in [1.82, 2.24) is 9.80 Å². The minimum Gasteiger partial charge on any atom is -0.508 e. The zero-order valence-electron chi connectivity index (χ0n) is 23.9. The van der Waals surface area contributed by atoms with Crippen LogP contribution in [0.4, 0.5) is 0 Å². The van der Waals surface area contributed by atoms with Gasteiger partial charge in [-0.2, -0.15) is 0 Å². The number of likely N-dealkylation sites (tertiary alicyclic amines) is 1. The summed E-state index contributed by atoms with van der Waals surface area (Å²) in [4.78, 5) is 43.3. The SMILES string of the molecule is CCCN1CCCCC1c1cc(O)c2c(c1OC)C[C@H]1C[C@H]3[C@H](N(C)C)C(=O)C(C(N)=O)=C(O)[C@@]3(O)C(=O)C1=C2O. The number of benzene rings is 1. The van der Waals surface area contributed by atoms with Crippen molar-refractivity contribution in [2.45, 2.75) is 63.1 Å². The number of ketones is 2. The number of hydrogen-bond donors (Lipinski definition) is 5. The molecule has 1 aromatic rings. The first kappa shape index (κ1) is 29.1. The van der Waals surface area contributed by atoms with Crippen LogP contribution in [0, 0.1) is 11.8 Å². The fourth-order valence-corrected chi connectivity index (χ4v) is 7.71. The molecule has 2 fully saturated rings. The summed E-state index contributed by atoms with van der Waals surface area (Å²) in [5, 5.41) is 45.5. The average molecular weight is 570 g/mol. The van der Waals surface area contributed by atoms with Crippen LogP contribution in [0.5, 0.6) is 11.5 Å². The molecule has 1 saturated heterocycles. The highest BCUT2D eigenvalue weighted by molar-refractivity contribution is 6.24. The number of carbonyl (C=O) groups excluding carboxylic acids is 3. The molecular weight excluding hydrogens is 530 g/mol. The lowest BCUT2D eigenvalue weighted by atomic mass is 9.57. The predicted octanol–water partition coefficient (Wildman–Crippen LogP) is 1.91. The van der Waals surface area contributed by atoms with Gasteiger partial charge in [0.05, 0.1) is 18.7 Å². The van der Waals surface area contributed by atoms with Crippen molar-refractivity contribution in [2.75, 3.05) is 34.3 Å². The number of piperidine rings is 1. The van der Waals surface area contributed by atoms with Crippen LogP contribution in [0.15, 0.2) is 23.0 Å². The zero-order valence-corrected chi connectivity index (χ0v) is 23.9. The quantitative estimate of drug-likeness (QED) is 0.318. The van der Waals surface area contributed by atoms with Gasteiger partial charge in [-0.15, -0.1) is 0 Å². The summed E-state index contributed by atoms with van der Waals surface area (Å²) in [6, 6.07) is 0.477. The monoisotopic (exact) mass is 569 g/mol. The van der Waals surface area contributed by atoms with Crippen LogP contribution in [0.2, 0.25) is 0 Å². The standard InChI is InChI=1S/C30H39N3O8/c1-5-9-33-10-7-6-8-18(33)15-13-19(34)21-16(26(15)41-4)11-14-12-17-23(32(2)3)25(36)22(29(31)39)28(38)30(17,40)27(37)20(14)24(21)35/h13-14,17-18,23,34-35,38,40H,5-12H2,1-4H3,(H2,31,39)/t14-,17-,18?,23-,30-/m0/s1. The number of nitrogens with two attached hydrogens (primary N) is 1. The number of methoxy groups -OCH3 is 1. The molecule has 0 bridgehead atoms. The molecule has 0 aromatic heterocycles. The summed E-state index contributed by atoms with van der Waals surface area (Å²) < 4.78 is 5.93. The van der Waals surface area contributed by atoms with Gasteiger partial charge < -0.3 is 30.9 Å². The topological polar surface area (TPSA) is 174 Å². The Hall–Kier alpha value is -3.41. The first-order chi connectivity index (χ1) is 19.4. The number of rotatable bonds is 6. The van der Waals surface area contributed by atoms with E-state index in [2.05, 4.69) is 11.8 Å². The second kappa shape index (κ2) is 10.5. The van der Waals surface area contributed by atoms with E-state index in [1.165, 1.54) is 4.90 Å². The third kappa shape index (κ3) is 4.16. The van der Waals surface area contributed by atoms with Crippen molar-refractivity contribution in [3.63, 3.8) is 0 Å². The summed E-state index contributed by atoms with van der Waals surface area (Å²) in [7, 11) is 4.69. The smallest absolute Gasteiger partial charge is 0.255 e. The number of phenolic OH excluding ortho intramolecular Hbond substituents is 1. The lowest BCUT2D eigenvalue weighted by molar-refractivity contribution is -0.153. The molecular formula is C30H39N3O8. The van der Waals surface area contributed by atoms with Crippen molar-refractivity contribution in [3.05, 3.63) is 39.7 Å². The maximum Gasteiger partial charge on any atom is 0.255 e. The molecule has 0 spiro atoms. The van der Waals surface area contributed by atoms with Gasteiger partial charge in [-0.25, -0.2) is 0 Å². The lowest BCUT2D eigenvalue weighted by Crippen LogP contribution is -2.65. The van der Waals surface area contributed by atoms with Gasteiger partial charge in [-0.05, 0) is 71.3 Å². The second-order valence-electron chi connectivity index (χ2n) is 11.9. The minimum atomic E-state index is -2.66. The summed E-state index contributed by atoms with van der Waals surface area (Å²) in [5.41, 5.74) is 3.13. The van der Waals surface area contributed by atoms with Gasteiger partial charge in [0.2, 0.25) is 5.78 Å². The molecule has 0 radical (unpaired) electrons. The average Bonchev–Trinajstić information content (AvgIpc) is 2.90. The van der Waals surface area contributed by atoms with Gasteiger partial charge in [0.25, 0.3) is 5.91 Å². The first-order valence-electron chi connectivity index (χ1n) is 14.2. The lowest BCUT2D eigenvalue weighted by Gasteiger charge is -2.50. The number of fused-ring (bicyclic) bond motifs is 3. The Balaban J connectivity index is 1.69. The van der Waals surface area contributed by atoms with E-state index in [9.17, 15) is 34.8 Å². The number of hydrogen-bond acceptors (Lipinski definition) is 10. The fraction of sp³-hybridized carbons (Fsp3) is 0.567. The third-order valence-corrected chi connectivity index (χ3v) is 9.39. The molecule has 1 aromatic carbocycles. The van der Waals surface area contributed by atoms with Gasteiger partial charge in [-0.1, -0.05) is 13.3 Å². The van der Waals surface area contributed by atoms with E-state index in [0.29, 0.717) is 11.3 Å². The van der Waals surface area contributed by atoms with Crippen LogP contribution < -0.4 is 10.5 Å². The predicted molar refractivity (Wildman–Crippen MR) is 149 cm³/mol. The highest BCUT2D eigenvalue weighted by Gasteiger charge is 2.64. The number of nitrogens with zero attached hydrogens (tertiary/aromatic N) is 2. The molecule has 41 heavy (non-hydrogen) atoms. The van der Waals surface area contributed by atoms with E-state index >= 15 is 0 Å². The molecule has 6 N–H and O–H groups in total. The molecule has 11 heteroatoms. The largest absolute Gasteiger partial charge is 0.508 e. The number of ether oxygens (including phenoxy) is 1. The van der Waals surface area contributed by atoms with Crippen LogP contribution in [-0.4, -0.2) is 93.6 Å². The molecule has 3 aliphatic carbocycles. The number of primary amides is 1. The van der Waals surface area contributed by atoms with Crippen molar-refractivity contribution in [2.24, 2.45) is 17.6 Å². The van der Waals surface area contributed by atoms with Crippen LogP contribution in [0.1, 0.15) is 61.8 Å². The van der Waals surface area contributed by atoms with Gasteiger partial charge in [0.15, 0.2) is 11.4 Å². The van der Waals surface area contributed by atoms with Crippen molar-refractivity contribution >= 4 is 23.2 Å². The molecule has 222 valence electrons. The number of carbonyl (C=O) groups is 3. The van der Waals surface area contributed by atoms with E-state index in [0.717, 1.165) is 44.3 Å². The Labute approximate surface area is 238 Å². The Bertz CT molecular complexity index is 1380. The van der Waals surface area contributed by atoms with Crippen molar-refractivity contribution in [1.29, 1.82) is 0 Å². The summed E-state index contributed by atoms with van der Waals surface area (Å²) in [5.74, 6) is -6.14. The van der Waals surface area contributed by atoms with E-state index < -0.39 is 58.0 Å². The Kier molecular flexibility index (Phi) is 7.42. The molecule has 1 saturated carbocycles. The molecule has 5 atom stereocenters. The second-order valence-corrected chi connectivity index (χ2v) is 11.9. The zero-order chi connectivity index (χ0) is 30.0. The number of Topliss-reactive ketones (excluding diaryl/α,β-unsaturated/α-hetero) is 2. The highest BCUT2D eigenvalue weighted by Crippen LogP contribution is 2.55. The van der Waals surface area contributed by atoms with Crippen molar-refractivity contribution in [3.8, 4) is 11.5 Å². The molecule has 1 amide bonds. The summed E-state index contributed by atoms with van der Waals surface area (Å²) >= 11 is 0. The molecule has 1 aliphatic heterocycles. The van der Waals surface area contributed by atoms with Crippen LogP contribution in [0.3, 0.4) is 0 Å². The van der Waals surface area contributed by atoms with E-state index in [1.54, 1.807) is 27.3 Å². The number of aromatic hydroxyl groups is 1. The van der Waals surface area contributed by atoms with E-state index in [4.69, 9.17) is 10.5 Å². The number of amides is 1. The number of aliphatic hydroxyl groups excluding tert-OH is 2. The first-order valence-corrected chi connectivity index (χ1v) is 14.2. The molecule has 1 unspecified atom stereocenters. The summed E-state index contributed by atoms with van der Waals surface area (Å²) in [6.07, 6.45) is 4.20. The van der Waals surface area contributed by atoms with Gasteiger partial charge in [0, 0.05) is 28.7 Å². The van der Waals surface area contributed by atoms with Gasteiger partial charge in [0.1, 0.15) is 28.6 Å². The Morgan fingerprint density at radius 1 is 1.22 bits per heavy atom. The van der Waals surface area contributed by atoms with Crippen LogP contribution in [-0.2, 0) is 20.8 Å². The molecule has 5 rings (SSSR count). The number of phenols is 1.